The summed E-state index contributed by atoms with van der Waals surface area (Å²) in [5.74, 6) is 0.746. The van der Waals surface area contributed by atoms with Crippen molar-refractivity contribution in [1.29, 1.82) is 0 Å². The number of nitrogens with zero attached hydrogens (tertiary/aromatic N) is 1. The molecule has 0 aromatic heterocycles. The Morgan fingerprint density at radius 2 is 1.81 bits per heavy atom. The molecule has 0 bridgehead atoms. The van der Waals surface area contributed by atoms with Crippen LogP contribution in [0.25, 0.3) is 0 Å². The highest BCUT2D eigenvalue weighted by Gasteiger charge is 2.38. The number of likely N-dealkylation sites (tertiary alicyclic amines) is 1. The fourth-order valence-electron chi connectivity index (χ4n) is 4.01. The first-order valence-electron chi connectivity index (χ1n) is 9.78. The molecule has 2 saturated heterocycles. The van der Waals surface area contributed by atoms with E-state index < -0.39 is 0 Å². The fraction of sp³-hybridized carbons (Fsp3) is 0.667. The number of hydrogen-bond acceptors (Lipinski definition) is 3. The van der Waals surface area contributed by atoms with Gasteiger partial charge in [0, 0.05) is 36.9 Å². The van der Waals surface area contributed by atoms with Crippen LogP contribution in [0.15, 0.2) is 18.2 Å². The number of anilines is 1. The van der Waals surface area contributed by atoms with Crippen LogP contribution < -0.4 is 10.6 Å². The van der Waals surface area contributed by atoms with Gasteiger partial charge in [0.2, 0.25) is 0 Å². The van der Waals surface area contributed by atoms with E-state index in [1.165, 1.54) is 6.42 Å². The van der Waals surface area contributed by atoms with Gasteiger partial charge in [0.25, 0.3) is 5.91 Å². The lowest BCUT2D eigenvalue weighted by Crippen LogP contribution is -2.44. The number of piperidine rings is 1. The molecule has 0 radical (unpaired) electrons. The maximum absolute atomic E-state index is 13.1. The van der Waals surface area contributed by atoms with E-state index in [0.717, 1.165) is 55.8 Å². The van der Waals surface area contributed by atoms with Gasteiger partial charge in [0.15, 0.2) is 0 Å². The molecule has 154 valence electrons. The second kappa shape index (κ2) is 9.99. The molecule has 2 heterocycles. The topological polar surface area (TPSA) is 44.4 Å². The Hall–Kier alpha value is -0.970. The molecule has 0 aliphatic carbocycles. The lowest BCUT2D eigenvalue weighted by molar-refractivity contribution is 0.0607. The van der Waals surface area contributed by atoms with E-state index >= 15 is 0 Å². The van der Waals surface area contributed by atoms with E-state index in [1.807, 2.05) is 12.1 Å². The van der Waals surface area contributed by atoms with Gasteiger partial charge >= 0.3 is 0 Å². The largest absolute Gasteiger partial charge is 0.382 e. The molecule has 1 amide bonds. The van der Waals surface area contributed by atoms with Crippen LogP contribution in [0.4, 0.5) is 5.69 Å². The Morgan fingerprint density at radius 3 is 2.37 bits per heavy atom. The van der Waals surface area contributed by atoms with Crippen molar-refractivity contribution in [2.75, 3.05) is 31.5 Å². The summed E-state index contributed by atoms with van der Waals surface area (Å²) in [6.07, 6.45) is 3.53. The SMILES string of the molecule is Cc1c(NC(C)C(C)C)cccc1C(=O)N1CCC2(CCNC2)CC1.Cl.Cl. The summed E-state index contributed by atoms with van der Waals surface area (Å²) < 4.78 is 0. The summed E-state index contributed by atoms with van der Waals surface area (Å²) in [6, 6.07) is 6.45. The molecule has 2 N–H and O–H groups in total. The molecule has 2 aliphatic heterocycles. The minimum atomic E-state index is 0. The standard InChI is InChI=1S/C21H33N3O.2ClH/c1-15(2)17(4)23-19-7-5-6-18(16(19)3)20(25)24-12-9-21(10-13-24)8-11-22-14-21;;/h5-7,15,17,22-23H,8-14H2,1-4H3;2*1H. The first kappa shape index (κ1) is 24.1. The van der Waals surface area contributed by atoms with Crippen LogP contribution in [0.3, 0.4) is 0 Å². The molecule has 2 fully saturated rings. The minimum Gasteiger partial charge on any atom is -0.382 e. The number of carbonyl (C=O) groups excluding carboxylic acids is 1. The third-order valence-electron chi connectivity index (χ3n) is 6.39. The molecule has 1 unspecified atom stereocenters. The van der Waals surface area contributed by atoms with Crippen molar-refractivity contribution >= 4 is 36.4 Å². The number of hydrogen-bond donors (Lipinski definition) is 2. The lowest BCUT2D eigenvalue weighted by atomic mass is 9.77. The number of benzene rings is 1. The van der Waals surface area contributed by atoms with E-state index in [9.17, 15) is 4.79 Å². The quantitative estimate of drug-likeness (QED) is 0.759. The Bertz CT molecular complexity index is 620. The highest BCUT2D eigenvalue weighted by Crippen LogP contribution is 2.37. The number of carbonyl (C=O) groups is 1. The molecule has 27 heavy (non-hydrogen) atoms. The van der Waals surface area contributed by atoms with E-state index in [1.54, 1.807) is 0 Å². The molecular formula is C21H35Cl2N3O. The average Bonchev–Trinajstić information content (AvgIpc) is 3.05. The number of nitrogens with one attached hydrogen (secondary N) is 2. The third-order valence-corrected chi connectivity index (χ3v) is 6.39. The molecular weight excluding hydrogens is 381 g/mol. The third kappa shape index (κ3) is 5.30. The summed E-state index contributed by atoms with van der Waals surface area (Å²) >= 11 is 0. The molecule has 1 spiro atoms. The van der Waals surface area contributed by atoms with Crippen molar-refractivity contribution in [3.63, 3.8) is 0 Å². The summed E-state index contributed by atoms with van der Waals surface area (Å²) in [5.41, 5.74) is 3.45. The van der Waals surface area contributed by atoms with Gasteiger partial charge in [-0.15, -0.1) is 24.8 Å². The molecule has 1 aromatic rings. The normalized spacial score (nSPS) is 19.4. The predicted octanol–water partition coefficient (Wildman–Crippen LogP) is 4.51. The number of rotatable bonds is 4. The predicted molar refractivity (Wildman–Crippen MR) is 119 cm³/mol. The smallest absolute Gasteiger partial charge is 0.254 e. The van der Waals surface area contributed by atoms with E-state index in [2.05, 4.69) is 49.3 Å². The van der Waals surface area contributed by atoms with Crippen molar-refractivity contribution in [1.82, 2.24) is 10.2 Å². The Balaban J connectivity index is 0.00000182. The number of halogens is 2. The van der Waals surface area contributed by atoms with Crippen LogP contribution in [0, 0.1) is 18.3 Å². The van der Waals surface area contributed by atoms with Gasteiger partial charge in [-0.1, -0.05) is 19.9 Å². The van der Waals surface area contributed by atoms with Gasteiger partial charge in [0.1, 0.15) is 0 Å². The zero-order valence-corrected chi connectivity index (χ0v) is 18.6. The van der Waals surface area contributed by atoms with Crippen LogP contribution in [-0.2, 0) is 0 Å². The van der Waals surface area contributed by atoms with Crippen LogP contribution in [0.5, 0.6) is 0 Å². The first-order valence-corrected chi connectivity index (χ1v) is 9.78. The Morgan fingerprint density at radius 1 is 1.15 bits per heavy atom. The van der Waals surface area contributed by atoms with Gasteiger partial charge in [-0.05, 0) is 68.7 Å². The Kier molecular flexibility index (Phi) is 8.91. The summed E-state index contributed by atoms with van der Waals surface area (Å²) in [5, 5.41) is 7.06. The molecule has 0 saturated carbocycles. The van der Waals surface area contributed by atoms with Crippen molar-refractivity contribution in [3.05, 3.63) is 29.3 Å². The van der Waals surface area contributed by atoms with E-state index in [0.29, 0.717) is 17.4 Å². The molecule has 6 heteroatoms. The van der Waals surface area contributed by atoms with Gasteiger partial charge in [-0.3, -0.25) is 4.79 Å². The average molecular weight is 416 g/mol. The summed E-state index contributed by atoms with van der Waals surface area (Å²) in [6.45, 7) is 12.7. The van der Waals surface area contributed by atoms with E-state index in [4.69, 9.17) is 0 Å². The summed E-state index contributed by atoms with van der Waals surface area (Å²) in [4.78, 5) is 15.1. The highest BCUT2D eigenvalue weighted by molar-refractivity contribution is 5.97. The molecule has 1 atom stereocenters. The van der Waals surface area contributed by atoms with Crippen LogP contribution >= 0.6 is 24.8 Å². The highest BCUT2D eigenvalue weighted by atomic mass is 35.5. The number of amides is 1. The van der Waals surface area contributed by atoms with Gasteiger partial charge in [-0.25, -0.2) is 0 Å². The van der Waals surface area contributed by atoms with Crippen molar-refractivity contribution in [2.45, 2.75) is 53.0 Å². The fourth-order valence-corrected chi connectivity index (χ4v) is 4.01. The van der Waals surface area contributed by atoms with E-state index in [-0.39, 0.29) is 30.7 Å². The van der Waals surface area contributed by atoms with Gasteiger partial charge < -0.3 is 15.5 Å². The minimum absolute atomic E-state index is 0. The molecule has 2 aliphatic rings. The maximum atomic E-state index is 13.1. The lowest BCUT2D eigenvalue weighted by Gasteiger charge is -2.39. The summed E-state index contributed by atoms with van der Waals surface area (Å²) in [7, 11) is 0. The molecule has 1 aromatic carbocycles. The zero-order chi connectivity index (χ0) is 18.0. The monoisotopic (exact) mass is 415 g/mol. The molecule has 3 rings (SSSR count). The first-order chi connectivity index (χ1) is 11.9. The second-order valence-corrected chi connectivity index (χ2v) is 8.37. The maximum Gasteiger partial charge on any atom is 0.254 e. The zero-order valence-electron chi connectivity index (χ0n) is 17.0. The Labute approximate surface area is 176 Å². The molecule has 4 nitrogen and oxygen atoms in total. The van der Waals surface area contributed by atoms with Gasteiger partial charge in [0.05, 0.1) is 0 Å². The van der Waals surface area contributed by atoms with Crippen LogP contribution in [-0.4, -0.2) is 43.0 Å². The van der Waals surface area contributed by atoms with Crippen molar-refractivity contribution < 1.29 is 4.79 Å². The van der Waals surface area contributed by atoms with Crippen LogP contribution in [0.1, 0.15) is 56.0 Å². The second-order valence-electron chi connectivity index (χ2n) is 8.37. The van der Waals surface area contributed by atoms with Crippen LogP contribution in [0.2, 0.25) is 0 Å². The van der Waals surface area contributed by atoms with Crippen molar-refractivity contribution in [3.8, 4) is 0 Å². The van der Waals surface area contributed by atoms with Crippen molar-refractivity contribution in [2.24, 2.45) is 11.3 Å². The van der Waals surface area contributed by atoms with Gasteiger partial charge in [-0.2, -0.15) is 0 Å².